The number of thiophene rings is 4. The summed E-state index contributed by atoms with van der Waals surface area (Å²) in [6.07, 6.45) is 2.10. The van der Waals surface area contributed by atoms with Crippen molar-refractivity contribution in [2.75, 3.05) is 0 Å². The van der Waals surface area contributed by atoms with Crippen molar-refractivity contribution in [3.63, 3.8) is 0 Å². The van der Waals surface area contributed by atoms with Gasteiger partial charge >= 0.3 is 0 Å². The van der Waals surface area contributed by atoms with E-state index in [0.717, 1.165) is 12.3 Å². The van der Waals surface area contributed by atoms with Crippen LogP contribution in [-0.4, -0.2) is 0 Å². The lowest BCUT2D eigenvalue weighted by Crippen LogP contribution is -2.12. The van der Waals surface area contributed by atoms with E-state index in [2.05, 4.69) is 170 Å². The van der Waals surface area contributed by atoms with Crippen LogP contribution in [0.2, 0.25) is 0 Å². The Labute approximate surface area is 332 Å². The molecule has 0 fully saturated rings. The minimum absolute atomic E-state index is 0.512. The van der Waals surface area contributed by atoms with Gasteiger partial charge in [0.15, 0.2) is 0 Å². The highest BCUT2D eigenvalue weighted by Crippen LogP contribution is 2.51. The Morgan fingerprint density at radius 2 is 0.593 bits per heavy atom. The standard InChI is InChI=1S/C48H32P2S4/c1-5-13-31(14-6-1)49(32-15-7-2-8-16-32)29-35-27-37-39(51-35)21-23-41-45(37)47-43(53-41)25-26-44-48(47)46-38-28-36(52-40(38)22-24-42(46)54-44)30-50(33-17-9-3-10-18-33)34-19-11-4-12-20-34/h1-28H,29-30H2. The van der Waals surface area contributed by atoms with Gasteiger partial charge in [-0.2, -0.15) is 0 Å². The third kappa shape index (κ3) is 5.75. The van der Waals surface area contributed by atoms with Crippen LogP contribution < -0.4 is 21.2 Å². The molecule has 0 aliphatic heterocycles. The third-order valence-corrected chi connectivity index (χ3v) is 20.3. The maximum atomic E-state index is 2.54. The van der Waals surface area contributed by atoms with Crippen LogP contribution in [0, 0.1) is 0 Å². The van der Waals surface area contributed by atoms with Crippen molar-refractivity contribution in [1.29, 1.82) is 0 Å². The molecule has 54 heavy (non-hydrogen) atoms. The van der Waals surface area contributed by atoms with Crippen LogP contribution in [0.25, 0.3) is 60.5 Å². The summed E-state index contributed by atoms with van der Waals surface area (Å²) in [4.78, 5) is 2.94. The highest BCUT2D eigenvalue weighted by atomic mass is 32.1. The van der Waals surface area contributed by atoms with Gasteiger partial charge in [0.2, 0.25) is 0 Å². The molecule has 0 atom stereocenters. The van der Waals surface area contributed by atoms with E-state index in [9.17, 15) is 0 Å². The topological polar surface area (TPSA) is 0 Å². The van der Waals surface area contributed by atoms with Gasteiger partial charge in [-0.1, -0.05) is 121 Å². The molecule has 0 N–H and O–H groups in total. The van der Waals surface area contributed by atoms with E-state index >= 15 is 0 Å². The molecule has 7 aromatic carbocycles. The molecule has 258 valence electrons. The number of fused-ring (bicyclic) bond motifs is 11. The van der Waals surface area contributed by atoms with Crippen molar-refractivity contribution < 1.29 is 0 Å². The Hall–Kier alpha value is -4.24. The molecule has 0 unspecified atom stereocenters. The lowest BCUT2D eigenvalue weighted by molar-refractivity contribution is 1.53. The molecule has 4 heterocycles. The van der Waals surface area contributed by atoms with E-state index in [-0.39, 0.29) is 0 Å². The van der Waals surface area contributed by atoms with Gasteiger partial charge in [0.1, 0.15) is 0 Å². The summed E-state index contributed by atoms with van der Waals surface area (Å²) in [7, 11) is -1.02. The van der Waals surface area contributed by atoms with Gasteiger partial charge in [-0.05, 0) is 85.6 Å². The van der Waals surface area contributed by atoms with Gasteiger partial charge in [-0.25, -0.2) is 0 Å². The molecular formula is C48H32P2S4. The fourth-order valence-corrected chi connectivity index (χ4v) is 17.5. The first kappa shape index (κ1) is 33.1. The monoisotopic (exact) mass is 798 g/mol. The van der Waals surface area contributed by atoms with E-state index in [1.54, 1.807) is 0 Å². The van der Waals surface area contributed by atoms with Crippen LogP contribution in [0.3, 0.4) is 0 Å². The number of rotatable bonds is 8. The Morgan fingerprint density at radius 1 is 0.296 bits per heavy atom. The SMILES string of the molecule is c1ccc(P(Cc2cc3c(ccc4sc5ccc6sc7ccc8sc(CP(c9ccccc9)c9ccccc9)cc8c7c6c5c43)s2)c2ccccc2)cc1. The molecule has 0 bridgehead atoms. The van der Waals surface area contributed by atoms with Crippen LogP contribution in [0.4, 0.5) is 0 Å². The highest BCUT2D eigenvalue weighted by molar-refractivity contribution is 7.72. The molecule has 0 radical (unpaired) electrons. The molecule has 0 aliphatic carbocycles. The second kappa shape index (κ2) is 13.8. The summed E-state index contributed by atoms with van der Waals surface area (Å²) < 4.78 is 8.33. The Balaban J connectivity index is 1.08. The maximum absolute atomic E-state index is 2.54. The zero-order chi connectivity index (χ0) is 35.6. The van der Waals surface area contributed by atoms with Crippen molar-refractivity contribution in [2.45, 2.75) is 12.3 Å². The second-order valence-corrected chi connectivity index (χ2v) is 22.6. The summed E-state index contributed by atoms with van der Waals surface area (Å²) in [6, 6.07) is 63.9. The van der Waals surface area contributed by atoms with Crippen LogP contribution in [0.15, 0.2) is 170 Å². The predicted octanol–water partition coefficient (Wildman–Crippen LogP) is 14.1. The largest absolute Gasteiger partial charge is 0.140 e. The predicted molar refractivity (Wildman–Crippen MR) is 249 cm³/mol. The van der Waals surface area contributed by atoms with Gasteiger partial charge < -0.3 is 0 Å². The van der Waals surface area contributed by atoms with Gasteiger partial charge in [-0.3, -0.25) is 0 Å². The van der Waals surface area contributed by atoms with Crippen LogP contribution >= 0.6 is 61.2 Å². The molecule has 0 saturated carbocycles. The summed E-state index contributed by atoms with van der Waals surface area (Å²) in [5.41, 5.74) is 0. The summed E-state index contributed by atoms with van der Waals surface area (Å²) >= 11 is 7.88. The average molecular weight is 799 g/mol. The normalized spacial score (nSPS) is 12.2. The average Bonchev–Trinajstić information content (AvgIpc) is 4.02. The first-order valence-electron chi connectivity index (χ1n) is 18.1. The summed E-state index contributed by atoms with van der Waals surface area (Å²) in [5.74, 6) is 0. The van der Waals surface area contributed by atoms with Crippen LogP contribution in [0.5, 0.6) is 0 Å². The van der Waals surface area contributed by atoms with Crippen molar-refractivity contribution in [1.82, 2.24) is 0 Å². The van der Waals surface area contributed by atoms with E-state index in [0.29, 0.717) is 0 Å². The van der Waals surface area contributed by atoms with E-state index in [1.165, 1.54) is 91.5 Å². The van der Waals surface area contributed by atoms with Gasteiger partial charge in [0.05, 0.1) is 0 Å². The zero-order valence-corrected chi connectivity index (χ0v) is 34.2. The minimum atomic E-state index is -0.512. The molecule has 0 aliphatic rings. The van der Waals surface area contributed by atoms with E-state index in [1.807, 2.05) is 45.3 Å². The molecule has 11 aromatic rings. The lowest BCUT2D eigenvalue weighted by Gasteiger charge is -2.17. The molecule has 0 spiro atoms. The van der Waals surface area contributed by atoms with Gasteiger partial charge in [0, 0.05) is 82.6 Å². The van der Waals surface area contributed by atoms with Gasteiger partial charge in [0.25, 0.3) is 0 Å². The van der Waals surface area contributed by atoms with Crippen LogP contribution in [0.1, 0.15) is 9.75 Å². The maximum Gasteiger partial charge on any atom is 0.0362 e. The Kier molecular flexibility index (Phi) is 8.47. The Morgan fingerprint density at radius 3 is 0.926 bits per heavy atom. The minimum Gasteiger partial charge on any atom is -0.140 e. The fraction of sp³-hybridized carbons (Fsp3) is 0.0417. The van der Waals surface area contributed by atoms with Crippen molar-refractivity contribution in [3.8, 4) is 0 Å². The summed E-state index contributed by atoms with van der Waals surface area (Å²) in [6.45, 7) is 0. The van der Waals surface area contributed by atoms with Gasteiger partial charge in [-0.15, -0.1) is 45.3 Å². The smallest absolute Gasteiger partial charge is 0.0362 e. The van der Waals surface area contributed by atoms with Crippen molar-refractivity contribution in [3.05, 3.63) is 180 Å². The summed E-state index contributed by atoms with van der Waals surface area (Å²) in [5, 5.41) is 14.3. The number of benzene rings is 7. The first-order chi connectivity index (χ1) is 26.7. The molecule has 0 nitrogen and oxygen atoms in total. The molecular weight excluding hydrogens is 767 g/mol. The first-order valence-corrected chi connectivity index (χ1v) is 24.5. The molecule has 11 rings (SSSR count). The second-order valence-electron chi connectivity index (χ2n) is 13.7. The number of hydrogen-bond acceptors (Lipinski definition) is 4. The molecule has 0 amide bonds. The van der Waals surface area contributed by atoms with Crippen molar-refractivity contribution in [2.24, 2.45) is 0 Å². The zero-order valence-electron chi connectivity index (χ0n) is 29.1. The quantitative estimate of drug-likeness (QED) is 0.134. The Bertz CT molecular complexity index is 2810. The molecule has 0 saturated heterocycles. The van der Waals surface area contributed by atoms with Crippen LogP contribution in [-0.2, 0) is 12.3 Å². The molecule has 4 aromatic heterocycles. The fourth-order valence-electron chi connectivity index (χ4n) is 8.01. The third-order valence-electron chi connectivity index (χ3n) is 10.4. The lowest BCUT2D eigenvalue weighted by atomic mass is 10.0. The van der Waals surface area contributed by atoms with Crippen molar-refractivity contribution >= 4 is 143 Å². The highest BCUT2D eigenvalue weighted by Gasteiger charge is 2.22. The molecule has 6 heteroatoms. The number of hydrogen-bond donors (Lipinski definition) is 0. The van der Waals surface area contributed by atoms with E-state index in [4.69, 9.17) is 0 Å². The van der Waals surface area contributed by atoms with E-state index < -0.39 is 15.8 Å².